The standard InChI is InChI=1S/C14H20N2OS/c1-6-7-15-14(17)11(4)16-10(3)13-8-9(2)18-12(13)5/h1,8,10-11,16H,7H2,2-5H3,(H,15,17). The molecule has 2 atom stereocenters. The van der Waals surface area contributed by atoms with Crippen LogP contribution in [0.3, 0.4) is 0 Å². The number of thiophene rings is 1. The molecule has 0 aliphatic heterocycles. The van der Waals surface area contributed by atoms with Crippen LogP contribution in [0.4, 0.5) is 0 Å². The van der Waals surface area contributed by atoms with Crippen molar-refractivity contribution in [3.63, 3.8) is 0 Å². The van der Waals surface area contributed by atoms with Crippen molar-refractivity contribution in [3.8, 4) is 12.3 Å². The molecular formula is C14H20N2OS. The first-order valence-electron chi connectivity index (χ1n) is 5.99. The number of carbonyl (C=O) groups excluding carboxylic acids is 1. The smallest absolute Gasteiger partial charge is 0.237 e. The number of nitrogens with one attached hydrogen (secondary N) is 2. The van der Waals surface area contributed by atoms with Crippen molar-refractivity contribution in [3.05, 3.63) is 21.4 Å². The maximum atomic E-state index is 11.7. The van der Waals surface area contributed by atoms with E-state index in [9.17, 15) is 4.79 Å². The Kier molecular flexibility index (Phi) is 5.39. The largest absolute Gasteiger partial charge is 0.344 e. The average molecular weight is 264 g/mol. The summed E-state index contributed by atoms with van der Waals surface area (Å²) in [5, 5.41) is 5.96. The summed E-state index contributed by atoms with van der Waals surface area (Å²) in [5.74, 6) is 2.33. The quantitative estimate of drug-likeness (QED) is 0.800. The van der Waals surface area contributed by atoms with Crippen molar-refractivity contribution in [2.75, 3.05) is 6.54 Å². The Morgan fingerprint density at radius 1 is 1.50 bits per heavy atom. The molecule has 0 aliphatic rings. The highest BCUT2D eigenvalue weighted by molar-refractivity contribution is 7.12. The van der Waals surface area contributed by atoms with Crippen LogP contribution in [0.15, 0.2) is 6.07 Å². The second-order valence-corrected chi connectivity index (χ2v) is 5.86. The summed E-state index contributed by atoms with van der Waals surface area (Å²) in [5.41, 5.74) is 1.26. The molecule has 4 heteroatoms. The third-order valence-electron chi connectivity index (χ3n) is 2.80. The lowest BCUT2D eigenvalue weighted by Crippen LogP contribution is -2.43. The van der Waals surface area contributed by atoms with E-state index < -0.39 is 0 Å². The van der Waals surface area contributed by atoms with E-state index >= 15 is 0 Å². The van der Waals surface area contributed by atoms with E-state index in [2.05, 4.69) is 43.4 Å². The van der Waals surface area contributed by atoms with Crippen LogP contribution in [0.1, 0.15) is 35.2 Å². The minimum atomic E-state index is -0.257. The number of hydrogen-bond donors (Lipinski definition) is 2. The summed E-state index contributed by atoms with van der Waals surface area (Å²) < 4.78 is 0. The van der Waals surface area contributed by atoms with Gasteiger partial charge in [0.1, 0.15) is 0 Å². The van der Waals surface area contributed by atoms with Crippen LogP contribution >= 0.6 is 11.3 Å². The lowest BCUT2D eigenvalue weighted by atomic mass is 10.1. The Hall–Kier alpha value is -1.31. The number of hydrogen-bond acceptors (Lipinski definition) is 3. The molecule has 1 aromatic heterocycles. The van der Waals surface area contributed by atoms with Crippen molar-refractivity contribution in [2.45, 2.75) is 39.8 Å². The van der Waals surface area contributed by atoms with Gasteiger partial charge in [-0.15, -0.1) is 17.8 Å². The molecule has 0 saturated heterocycles. The lowest BCUT2D eigenvalue weighted by Gasteiger charge is -2.19. The Morgan fingerprint density at radius 3 is 2.67 bits per heavy atom. The van der Waals surface area contributed by atoms with Gasteiger partial charge in [0.05, 0.1) is 12.6 Å². The van der Waals surface area contributed by atoms with Crippen molar-refractivity contribution in [2.24, 2.45) is 0 Å². The fraction of sp³-hybridized carbons (Fsp3) is 0.500. The maximum Gasteiger partial charge on any atom is 0.237 e. The molecule has 0 saturated carbocycles. The molecule has 98 valence electrons. The van der Waals surface area contributed by atoms with Gasteiger partial charge >= 0.3 is 0 Å². The highest BCUT2D eigenvalue weighted by Gasteiger charge is 2.17. The minimum Gasteiger partial charge on any atom is -0.344 e. The van der Waals surface area contributed by atoms with E-state index in [1.54, 1.807) is 11.3 Å². The van der Waals surface area contributed by atoms with Gasteiger partial charge in [0.2, 0.25) is 5.91 Å². The fourth-order valence-electron chi connectivity index (χ4n) is 1.91. The van der Waals surface area contributed by atoms with Crippen LogP contribution in [-0.2, 0) is 4.79 Å². The maximum absolute atomic E-state index is 11.7. The molecule has 0 bridgehead atoms. The predicted octanol–water partition coefficient (Wildman–Crippen LogP) is 2.15. The Labute approximate surface area is 113 Å². The molecule has 3 nitrogen and oxygen atoms in total. The van der Waals surface area contributed by atoms with Crippen molar-refractivity contribution in [1.29, 1.82) is 0 Å². The Morgan fingerprint density at radius 2 is 2.17 bits per heavy atom. The van der Waals surface area contributed by atoms with Crippen LogP contribution in [0.2, 0.25) is 0 Å². The van der Waals surface area contributed by atoms with Crippen molar-refractivity contribution in [1.82, 2.24) is 10.6 Å². The molecule has 1 rings (SSSR count). The number of rotatable bonds is 5. The van der Waals surface area contributed by atoms with E-state index in [0.717, 1.165) is 0 Å². The van der Waals surface area contributed by atoms with Gasteiger partial charge in [-0.05, 0) is 39.3 Å². The van der Waals surface area contributed by atoms with E-state index in [-0.39, 0.29) is 24.5 Å². The zero-order chi connectivity index (χ0) is 13.7. The topological polar surface area (TPSA) is 41.1 Å². The molecule has 2 unspecified atom stereocenters. The molecule has 1 aromatic rings. The summed E-state index contributed by atoms with van der Waals surface area (Å²) in [6, 6.07) is 2.07. The van der Waals surface area contributed by atoms with Gasteiger partial charge < -0.3 is 5.32 Å². The molecule has 1 heterocycles. The zero-order valence-electron chi connectivity index (χ0n) is 11.3. The molecule has 18 heavy (non-hydrogen) atoms. The molecular weight excluding hydrogens is 244 g/mol. The van der Waals surface area contributed by atoms with Crippen LogP contribution in [0.5, 0.6) is 0 Å². The zero-order valence-corrected chi connectivity index (χ0v) is 12.1. The summed E-state index contributed by atoms with van der Waals surface area (Å²) >= 11 is 1.78. The molecule has 2 N–H and O–H groups in total. The van der Waals surface area contributed by atoms with E-state index in [1.165, 1.54) is 15.3 Å². The molecule has 0 radical (unpaired) electrons. The normalized spacial score (nSPS) is 13.7. The van der Waals surface area contributed by atoms with E-state index in [4.69, 9.17) is 6.42 Å². The third kappa shape index (κ3) is 3.86. The highest BCUT2D eigenvalue weighted by Crippen LogP contribution is 2.26. The van der Waals surface area contributed by atoms with Gasteiger partial charge in [0, 0.05) is 15.8 Å². The molecule has 1 amide bonds. The molecule has 0 aliphatic carbocycles. The molecule has 0 spiro atoms. The van der Waals surface area contributed by atoms with Gasteiger partial charge in [0.15, 0.2) is 0 Å². The molecule has 0 aromatic carbocycles. The monoisotopic (exact) mass is 264 g/mol. The highest BCUT2D eigenvalue weighted by atomic mass is 32.1. The second kappa shape index (κ2) is 6.58. The first-order valence-corrected chi connectivity index (χ1v) is 6.81. The van der Waals surface area contributed by atoms with Gasteiger partial charge in [-0.25, -0.2) is 0 Å². The van der Waals surface area contributed by atoms with E-state index in [1.807, 2.05) is 6.92 Å². The van der Waals surface area contributed by atoms with Crippen LogP contribution in [0.25, 0.3) is 0 Å². The summed E-state index contributed by atoms with van der Waals surface area (Å²) in [6.45, 7) is 8.39. The lowest BCUT2D eigenvalue weighted by molar-refractivity contribution is -0.122. The minimum absolute atomic E-state index is 0.0654. The number of carbonyl (C=O) groups is 1. The van der Waals surface area contributed by atoms with Gasteiger partial charge in [0.25, 0.3) is 0 Å². The van der Waals surface area contributed by atoms with Gasteiger partial charge in [-0.2, -0.15) is 0 Å². The summed E-state index contributed by atoms with van der Waals surface area (Å²) in [6.07, 6.45) is 5.11. The van der Waals surface area contributed by atoms with Crippen molar-refractivity contribution >= 4 is 17.2 Å². The summed E-state index contributed by atoms with van der Waals surface area (Å²) in [4.78, 5) is 14.3. The number of aryl methyl sites for hydroxylation is 2. The Balaban J connectivity index is 2.59. The van der Waals surface area contributed by atoms with Crippen molar-refractivity contribution < 1.29 is 4.79 Å². The first kappa shape index (κ1) is 14.7. The van der Waals surface area contributed by atoms with Crippen LogP contribution in [-0.4, -0.2) is 18.5 Å². The van der Waals surface area contributed by atoms with Gasteiger partial charge in [-0.3, -0.25) is 10.1 Å². The fourth-order valence-corrected chi connectivity index (χ4v) is 2.93. The third-order valence-corrected chi connectivity index (χ3v) is 3.79. The number of amides is 1. The van der Waals surface area contributed by atoms with Crippen LogP contribution in [0, 0.1) is 26.2 Å². The van der Waals surface area contributed by atoms with Gasteiger partial charge in [-0.1, -0.05) is 5.92 Å². The van der Waals surface area contributed by atoms with Crippen LogP contribution < -0.4 is 10.6 Å². The Bertz CT molecular complexity index is 459. The van der Waals surface area contributed by atoms with E-state index in [0.29, 0.717) is 0 Å². The first-order chi connectivity index (χ1) is 8.45. The number of terminal acetylenes is 1. The predicted molar refractivity (Wildman–Crippen MR) is 76.6 cm³/mol. The second-order valence-electron chi connectivity index (χ2n) is 4.40. The SMILES string of the molecule is C#CCNC(=O)C(C)NC(C)c1cc(C)sc1C. The summed E-state index contributed by atoms with van der Waals surface area (Å²) in [7, 11) is 0. The average Bonchev–Trinajstić information content (AvgIpc) is 2.65. The molecule has 0 fully saturated rings.